The van der Waals surface area contributed by atoms with E-state index in [0.29, 0.717) is 19.5 Å². The van der Waals surface area contributed by atoms with Gasteiger partial charge in [-0.15, -0.1) is 0 Å². The molecule has 0 unspecified atom stereocenters. The minimum atomic E-state index is -0.0614. The van der Waals surface area contributed by atoms with Crippen LogP contribution in [0.1, 0.15) is 40.0 Å². The third kappa shape index (κ3) is 5.95. The first-order valence-corrected chi connectivity index (χ1v) is 5.54. The van der Waals surface area contributed by atoms with Gasteiger partial charge in [-0.25, -0.2) is 4.79 Å². The Hall–Kier alpha value is -1.24. The number of nitrogens with one attached hydrogen (secondary N) is 1. The fraction of sp³-hybridized carbons (Fsp3) is 0.818. The van der Waals surface area contributed by atoms with E-state index in [1.54, 1.807) is 4.90 Å². The Morgan fingerprint density at radius 3 is 2.67 bits per heavy atom. The van der Waals surface area contributed by atoms with Crippen LogP contribution in [0.15, 0.2) is 0 Å². The average molecular weight is 211 g/mol. The van der Waals surface area contributed by atoms with Gasteiger partial charge in [0, 0.05) is 19.1 Å². The van der Waals surface area contributed by atoms with E-state index in [2.05, 4.69) is 18.3 Å². The molecule has 0 bridgehead atoms. The average Bonchev–Trinajstić information content (AvgIpc) is 2.18. The number of carbonyl (C=O) groups excluding carboxylic acids is 1. The van der Waals surface area contributed by atoms with E-state index in [-0.39, 0.29) is 12.1 Å². The lowest BCUT2D eigenvalue weighted by molar-refractivity contribution is 0.184. The highest BCUT2D eigenvalue weighted by Crippen LogP contribution is 2.00. The quantitative estimate of drug-likeness (QED) is 0.684. The van der Waals surface area contributed by atoms with Gasteiger partial charge in [0.15, 0.2) is 0 Å². The third-order valence-corrected chi connectivity index (χ3v) is 2.16. The highest BCUT2D eigenvalue weighted by Gasteiger charge is 2.15. The van der Waals surface area contributed by atoms with E-state index in [9.17, 15) is 4.79 Å². The first kappa shape index (κ1) is 13.8. The van der Waals surface area contributed by atoms with Crippen molar-refractivity contribution in [1.29, 1.82) is 5.26 Å². The van der Waals surface area contributed by atoms with Crippen molar-refractivity contribution >= 4 is 6.03 Å². The summed E-state index contributed by atoms with van der Waals surface area (Å²) in [6.07, 6.45) is 2.45. The number of urea groups is 1. The smallest absolute Gasteiger partial charge is 0.317 e. The zero-order chi connectivity index (χ0) is 11.7. The third-order valence-electron chi connectivity index (χ3n) is 2.16. The Morgan fingerprint density at radius 1 is 1.53 bits per heavy atom. The summed E-state index contributed by atoms with van der Waals surface area (Å²) in [5, 5.41) is 11.3. The molecule has 0 aromatic heterocycles. The standard InChI is InChI=1S/C11H21N3O/c1-4-5-8-13-11(15)14(10(2)3)9-6-7-12/h10H,4-6,8-9H2,1-3H3,(H,13,15). The summed E-state index contributed by atoms with van der Waals surface area (Å²) in [7, 11) is 0. The minimum absolute atomic E-state index is 0.0614. The van der Waals surface area contributed by atoms with E-state index in [1.807, 2.05) is 13.8 Å². The van der Waals surface area contributed by atoms with Crippen molar-refractivity contribution < 1.29 is 4.79 Å². The van der Waals surface area contributed by atoms with E-state index >= 15 is 0 Å². The number of hydrogen-bond donors (Lipinski definition) is 1. The number of nitriles is 1. The lowest BCUT2D eigenvalue weighted by Crippen LogP contribution is -2.44. The lowest BCUT2D eigenvalue weighted by atomic mass is 10.3. The van der Waals surface area contributed by atoms with Gasteiger partial charge in [0.1, 0.15) is 0 Å². The molecule has 15 heavy (non-hydrogen) atoms. The first-order chi connectivity index (χ1) is 7.13. The van der Waals surface area contributed by atoms with E-state index in [0.717, 1.165) is 12.8 Å². The number of amides is 2. The van der Waals surface area contributed by atoms with E-state index < -0.39 is 0 Å². The summed E-state index contributed by atoms with van der Waals surface area (Å²) >= 11 is 0. The van der Waals surface area contributed by atoms with Crippen LogP contribution >= 0.6 is 0 Å². The molecule has 0 atom stereocenters. The number of rotatable bonds is 6. The molecule has 0 fully saturated rings. The Labute approximate surface area is 92.3 Å². The second kappa shape index (κ2) is 8.10. The highest BCUT2D eigenvalue weighted by atomic mass is 16.2. The number of carbonyl (C=O) groups is 1. The molecule has 0 aromatic rings. The zero-order valence-corrected chi connectivity index (χ0v) is 9.92. The van der Waals surface area contributed by atoms with Crippen molar-refractivity contribution in [3.63, 3.8) is 0 Å². The molecule has 0 heterocycles. The van der Waals surface area contributed by atoms with Gasteiger partial charge in [-0.05, 0) is 20.3 Å². The van der Waals surface area contributed by atoms with Crippen molar-refractivity contribution in [3.05, 3.63) is 0 Å². The lowest BCUT2D eigenvalue weighted by Gasteiger charge is -2.25. The van der Waals surface area contributed by atoms with Gasteiger partial charge in [-0.1, -0.05) is 13.3 Å². The molecule has 4 heteroatoms. The fourth-order valence-corrected chi connectivity index (χ4v) is 1.24. The van der Waals surface area contributed by atoms with Gasteiger partial charge in [-0.2, -0.15) is 5.26 Å². The summed E-state index contributed by atoms with van der Waals surface area (Å²) in [6.45, 7) is 7.22. The van der Waals surface area contributed by atoms with Crippen molar-refractivity contribution in [2.45, 2.75) is 46.1 Å². The maximum Gasteiger partial charge on any atom is 0.317 e. The Kier molecular flexibility index (Phi) is 7.43. The molecule has 1 N–H and O–H groups in total. The normalized spacial score (nSPS) is 9.80. The molecular weight excluding hydrogens is 190 g/mol. The van der Waals surface area contributed by atoms with Crippen LogP contribution in [0.2, 0.25) is 0 Å². The second-order valence-corrected chi connectivity index (χ2v) is 3.78. The summed E-state index contributed by atoms with van der Waals surface area (Å²) in [6, 6.07) is 2.13. The van der Waals surface area contributed by atoms with Gasteiger partial charge in [0.25, 0.3) is 0 Å². The highest BCUT2D eigenvalue weighted by molar-refractivity contribution is 5.74. The van der Waals surface area contributed by atoms with Crippen LogP contribution in [-0.2, 0) is 0 Å². The SMILES string of the molecule is CCCCNC(=O)N(CCC#N)C(C)C. The van der Waals surface area contributed by atoms with Gasteiger partial charge in [-0.3, -0.25) is 0 Å². The first-order valence-electron chi connectivity index (χ1n) is 5.54. The van der Waals surface area contributed by atoms with Crippen molar-refractivity contribution in [2.24, 2.45) is 0 Å². The Morgan fingerprint density at radius 2 is 2.20 bits per heavy atom. The van der Waals surface area contributed by atoms with Gasteiger partial charge in [0.2, 0.25) is 0 Å². The molecule has 0 spiro atoms. The molecule has 0 aliphatic heterocycles. The van der Waals surface area contributed by atoms with Crippen molar-refractivity contribution in [3.8, 4) is 6.07 Å². The molecule has 0 radical (unpaired) electrons. The summed E-state index contributed by atoms with van der Waals surface area (Å²) in [5.74, 6) is 0. The summed E-state index contributed by atoms with van der Waals surface area (Å²) in [4.78, 5) is 13.4. The molecular formula is C11H21N3O. The summed E-state index contributed by atoms with van der Waals surface area (Å²) < 4.78 is 0. The molecule has 0 saturated carbocycles. The molecule has 0 aliphatic carbocycles. The van der Waals surface area contributed by atoms with Crippen molar-refractivity contribution in [2.75, 3.05) is 13.1 Å². The molecule has 4 nitrogen and oxygen atoms in total. The van der Waals surface area contributed by atoms with Crippen LogP contribution in [0.25, 0.3) is 0 Å². The molecule has 0 aromatic carbocycles. The molecule has 0 aliphatic rings. The van der Waals surface area contributed by atoms with Crippen molar-refractivity contribution in [1.82, 2.24) is 10.2 Å². The second-order valence-electron chi connectivity index (χ2n) is 3.78. The number of nitrogens with zero attached hydrogens (tertiary/aromatic N) is 2. The van der Waals surface area contributed by atoms with Crippen LogP contribution < -0.4 is 5.32 Å². The maximum absolute atomic E-state index is 11.7. The number of unbranched alkanes of at least 4 members (excludes halogenated alkanes) is 1. The Balaban J connectivity index is 4.00. The molecule has 0 rings (SSSR count). The van der Waals surface area contributed by atoms with Gasteiger partial charge >= 0.3 is 6.03 Å². The van der Waals surface area contributed by atoms with Crippen LogP contribution in [0.5, 0.6) is 0 Å². The largest absolute Gasteiger partial charge is 0.338 e. The monoisotopic (exact) mass is 211 g/mol. The maximum atomic E-state index is 11.7. The molecule has 0 saturated heterocycles. The molecule has 86 valence electrons. The number of hydrogen-bond acceptors (Lipinski definition) is 2. The van der Waals surface area contributed by atoms with Crippen LogP contribution in [0.3, 0.4) is 0 Å². The Bertz CT molecular complexity index is 220. The summed E-state index contributed by atoms with van der Waals surface area (Å²) in [5.41, 5.74) is 0. The van der Waals surface area contributed by atoms with Crippen LogP contribution in [0.4, 0.5) is 4.79 Å². The van der Waals surface area contributed by atoms with Gasteiger partial charge < -0.3 is 10.2 Å². The predicted octanol–water partition coefficient (Wildman–Crippen LogP) is 2.12. The minimum Gasteiger partial charge on any atom is -0.338 e. The van der Waals surface area contributed by atoms with Gasteiger partial charge in [0.05, 0.1) is 12.5 Å². The van der Waals surface area contributed by atoms with Crippen LogP contribution in [-0.4, -0.2) is 30.1 Å². The van der Waals surface area contributed by atoms with Crippen LogP contribution in [0, 0.1) is 11.3 Å². The fourth-order valence-electron chi connectivity index (χ4n) is 1.24. The predicted molar refractivity (Wildman–Crippen MR) is 60.4 cm³/mol. The zero-order valence-electron chi connectivity index (χ0n) is 9.92. The van der Waals surface area contributed by atoms with E-state index in [1.165, 1.54) is 0 Å². The molecule has 2 amide bonds. The van der Waals surface area contributed by atoms with E-state index in [4.69, 9.17) is 5.26 Å². The topological polar surface area (TPSA) is 56.1 Å².